The molecular formula is C26H27N3O2S. The van der Waals surface area contributed by atoms with Crippen LogP contribution in [0.15, 0.2) is 77.4 Å². The molecule has 1 aliphatic rings. The molecule has 5 rings (SSSR count). The van der Waals surface area contributed by atoms with Crippen molar-refractivity contribution in [1.29, 1.82) is 0 Å². The van der Waals surface area contributed by atoms with E-state index in [0.717, 1.165) is 42.8 Å². The van der Waals surface area contributed by atoms with E-state index in [4.69, 9.17) is 9.40 Å². The number of likely N-dealkylation sites (tertiary alicyclic amines) is 1. The fourth-order valence-corrected chi connectivity index (χ4v) is 5.46. The van der Waals surface area contributed by atoms with Crippen LogP contribution in [0.2, 0.25) is 0 Å². The number of amides is 1. The Hall–Kier alpha value is -2.96. The summed E-state index contributed by atoms with van der Waals surface area (Å²) in [5.74, 6) is 1.44. The second kappa shape index (κ2) is 9.67. The molecule has 32 heavy (non-hydrogen) atoms. The maximum Gasteiger partial charge on any atom is 0.237 e. The largest absolute Gasteiger partial charge is 0.467 e. The molecule has 0 aliphatic carbocycles. The molecule has 1 saturated heterocycles. The van der Waals surface area contributed by atoms with Crippen molar-refractivity contribution in [3.8, 4) is 0 Å². The maximum absolute atomic E-state index is 13.2. The Balaban J connectivity index is 1.20. The van der Waals surface area contributed by atoms with Gasteiger partial charge >= 0.3 is 0 Å². The Morgan fingerprint density at radius 3 is 2.53 bits per heavy atom. The molecule has 1 aliphatic heterocycles. The van der Waals surface area contributed by atoms with Gasteiger partial charge in [0.2, 0.25) is 5.91 Å². The molecule has 164 valence electrons. The van der Waals surface area contributed by atoms with Gasteiger partial charge in [0.1, 0.15) is 5.76 Å². The lowest BCUT2D eigenvalue weighted by molar-refractivity contribution is -0.134. The highest BCUT2D eigenvalue weighted by Crippen LogP contribution is 2.33. The molecule has 6 heteroatoms. The zero-order valence-electron chi connectivity index (χ0n) is 18.0. The van der Waals surface area contributed by atoms with Crippen LogP contribution in [0.3, 0.4) is 0 Å². The van der Waals surface area contributed by atoms with Crippen LogP contribution in [0.25, 0.3) is 10.2 Å². The molecule has 0 bridgehead atoms. The summed E-state index contributed by atoms with van der Waals surface area (Å²) >= 11 is 1.81. The molecule has 3 heterocycles. The van der Waals surface area contributed by atoms with Gasteiger partial charge in [-0.3, -0.25) is 9.69 Å². The second-order valence-electron chi connectivity index (χ2n) is 8.39. The summed E-state index contributed by atoms with van der Waals surface area (Å²) in [6, 6.07) is 22.3. The number of fused-ring (bicyclic) bond motifs is 1. The molecule has 1 fully saturated rings. The minimum atomic E-state index is 0.142. The standard InChI is InChI=1S/C26H27N3O2S/c30-25(29(18-22-9-6-16-31-22)17-20-7-2-1-3-8-20)19-28-14-12-21(13-15-28)26-27-23-10-4-5-11-24(23)32-26/h1-11,16,21H,12-15,17-19H2. The molecule has 5 nitrogen and oxygen atoms in total. The average Bonchev–Trinajstić information content (AvgIpc) is 3.49. The van der Waals surface area contributed by atoms with Crippen LogP contribution in [0, 0.1) is 0 Å². The van der Waals surface area contributed by atoms with E-state index < -0.39 is 0 Å². The zero-order chi connectivity index (χ0) is 21.8. The number of hydrogen-bond acceptors (Lipinski definition) is 5. The first-order valence-electron chi connectivity index (χ1n) is 11.2. The molecule has 0 saturated carbocycles. The molecule has 0 unspecified atom stereocenters. The van der Waals surface area contributed by atoms with Crippen LogP contribution in [0.4, 0.5) is 0 Å². The summed E-state index contributed by atoms with van der Waals surface area (Å²) in [6.45, 7) is 3.37. The third kappa shape index (κ3) is 4.92. The van der Waals surface area contributed by atoms with Gasteiger partial charge in [-0.15, -0.1) is 11.3 Å². The summed E-state index contributed by atoms with van der Waals surface area (Å²) in [6.07, 6.45) is 3.75. The van der Waals surface area contributed by atoms with Gasteiger partial charge in [-0.1, -0.05) is 42.5 Å². The van der Waals surface area contributed by atoms with E-state index in [1.165, 1.54) is 9.71 Å². The topological polar surface area (TPSA) is 49.6 Å². The van der Waals surface area contributed by atoms with E-state index in [-0.39, 0.29) is 5.91 Å². The number of rotatable bonds is 7. The number of piperidine rings is 1. The first kappa shape index (κ1) is 20.9. The summed E-state index contributed by atoms with van der Waals surface area (Å²) in [5, 5.41) is 1.24. The number of para-hydroxylation sites is 1. The van der Waals surface area contributed by atoms with Gasteiger partial charge in [-0.2, -0.15) is 0 Å². The number of benzene rings is 2. The van der Waals surface area contributed by atoms with Crippen molar-refractivity contribution in [2.24, 2.45) is 0 Å². The quantitative estimate of drug-likeness (QED) is 0.387. The number of furan rings is 1. The van der Waals surface area contributed by atoms with E-state index in [0.29, 0.717) is 25.6 Å². The molecule has 4 aromatic rings. The predicted octanol–water partition coefficient (Wildman–Crippen LogP) is 5.30. The molecule has 0 spiro atoms. The van der Waals surface area contributed by atoms with E-state index in [9.17, 15) is 4.79 Å². The summed E-state index contributed by atoms with van der Waals surface area (Å²) in [4.78, 5) is 22.3. The van der Waals surface area contributed by atoms with Gasteiger partial charge in [0, 0.05) is 12.5 Å². The van der Waals surface area contributed by atoms with E-state index in [2.05, 4.69) is 35.2 Å². The Bertz CT molecular complexity index is 1120. The van der Waals surface area contributed by atoms with Gasteiger partial charge in [0.05, 0.1) is 34.6 Å². The Labute approximate surface area is 192 Å². The Morgan fingerprint density at radius 2 is 1.78 bits per heavy atom. The minimum absolute atomic E-state index is 0.142. The molecule has 0 atom stereocenters. The van der Waals surface area contributed by atoms with Crippen molar-refractivity contribution >= 4 is 27.5 Å². The summed E-state index contributed by atoms with van der Waals surface area (Å²) < 4.78 is 6.78. The minimum Gasteiger partial charge on any atom is -0.467 e. The van der Waals surface area contributed by atoms with E-state index in [1.807, 2.05) is 52.6 Å². The van der Waals surface area contributed by atoms with Crippen molar-refractivity contribution in [3.63, 3.8) is 0 Å². The summed E-state index contributed by atoms with van der Waals surface area (Å²) in [7, 11) is 0. The highest BCUT2D eigenvalue weighted by atomic mass is 32.1. The number of aromatic nitrogens is 1. The highest BCUT2D eigenvalue weighted by molar-refractivity contribution is 7.18. The van der Waals surface area contributed by atoms with Crippen LogP contribution in [-0.4, -0.2) is 40.3 Å². The number of hydrogen-bond donors (Lipinski definition) is 0. The van der Waals surface area contributed by atoms with Gasteiger partial charge in [-0.25, -0.2) is 4.98 Å². The normalized spacial score (nSPS) is 15.2. The number of nitrogens with zero attached hydrogens (tertiary/aromatic N) is 3. The SMILES string of the molecule is O=C(CN1CCC(c2nc3ccccc3s2)CC1)N(Cc1ccccc1)Cc1ccco1. The lowest BCUT2D eigenvalue weighted by Crippen LogP contribution is -2.42. The van der Waals surface area contributed by atoms with Gasteiger partial charge in [0.25, 0.3) is 0 Å². The fraction of sp³-hybridized carbons (Fsp3) is 0.308. The third-order valence-corrected chi connectivity index (χ3v) is 7.30. The van der Waals surface area contributed by atoms with Crippen LogP contribution < -0.4 is 0 Å². The van der Waals surface area contributed by atoms with Crippen LogP contribution >= 0.6 is 11.3 Å². The predicted molar refractivity (Wildman–Crippen MR) is 127 cm³/mol. The Morgan fingerprint density at radius 1 is 1.00 bits per heavy atom. The second-order valence-corrected chi connectivity index (χ2v) is 9.45. The van der Waals surface area contributed by atoms with Gasteiger partial charge < -0.3 is 9.32 Å². The fourth-order valence-electron chi connectivity index (χ4n) is 4.32. The monoisotopic (exact) mass is 445 g/mol. The lowest BCUT2D eigenvalue weighted by Gasteiger charge is -2.32. The molecule has 0 N–H and O–H groups in total. The molecular weight excluding hydrogens is 418 g/mol. The first-order chi connectivity index (χ1) is 15.7. The number of carbonyl (C=O) groups excluding carboxylic acids is 1. The van der Waals surface area contributed by atoms with Crippen molar-refractivity contribution in [3.05, 3.63) is 89.3 Å². The number of thiazole rings is 1. The maximum atomic E-state index is 13.2. The molecule has 1 amide bonds. The third-order valence-electron chi connectivity index (χ3n) is 6.10. The van der Waals surface area contributed by atoms with Gasteiger partial charge in [0.15, 0.2) is 0 Å². The van der Waals surface area contributed by atoms with Crippen molar-refractivity contribution < 1.29 is 9.21 Å². The van der Waals surface area contributed by atoms with Gasteiger partial charge in [-0.05, 0) is 55.8 Å². The van der Waals surface area contributed by atoms with Crippen molar-refractivity contribution in [2.75, 3.05) is 19.6 Å². The number of carbonyl (C=O) groups is 1. The first-order valence-corrected chi connectivity index (χ1v) is 12.0. The van der Waals surface area contributed by atoms with Crippen molar-refractivity contribution in [2.45, 2.75) is 31.8 Å². The molecule has 0 radical (unpaired) electrons. The lowest BCUT2D eigenvalue weighted by atomic mass is 9.97. The van der Waals surface area contributed by atoms with E-state index >= 15 is 0 Å². The van der Waals surface area contributed by atoms with Crippen molar-refractivity contribution in [1.82, 2.24) is 14.8 Å². The van der Waals surface area contributed by atoms with Crippen LogP contribution in [0.5, 0.6) is 0 Å². The smallest absolute Gasteiger partial charge is 0.237 e. The Kier molecular flexibility index (Phi) is 6.32. The van der Waals surface area contributed by atoms with Crippen LogP contribution in [-0.2, 0) is 17.9 Å². The average molecular weight is 446 g/mol. The molecule has 2 aromatic carbocycles. The van der Waals surface area contributed by atoms with E-state index in [1.54, 1.807) is 6.26 Å². The summed E-state index contributed by atoms with van der Waals surface area (Å²) in [5.41, 5.74) is 2.22. The van der Waals surface area contributed by atoms with Crippen LogP contribution in [0.1, 0.15) is 35.1 Å². The zero-order valence-corrected chi connectivity index (χ0v) is 18.8. The highest BCUT2D eigenvalue weighted by Gasteiger charge is 2.26. The molecule has 2 aromatic heterocycles.